The molecule has 1 aliphatic rings. The van der Waals surface area contributed by atoms with E-state index in [0.29, 0.717) is 11.8 Å². The van der Waals surface area contributed by atoms with Crippen molar-refractivity contribution in [2.75, 3.05) is 0 Å². The highest BCUT2D eigenvalue weighted by Crippen LogP contribution is 2.42. The van der Waals surface area contributed by atoms with E-state index in [4.69, 9.17) is 0 Å². The first-order valence-corrected chi connectivity index (χ1v) is 10.2. The van der Waals surface area contributed by atoms with Gasteiger partial charge in [-0.25, -0.2) is 4.68 Å². The van der Waals surface area contributed by atoms with E-state index in [1.807, 2.05) is 16.9 Å². The van der Waals surface area contributed by atoms with Gasteiger partial charge in [-0.3, -0.25) is 4.57 Å². The monoisotopic (exact) mass is 380 g/mol. The lowest BCUT2D eigenvalue weighted by molar-refractivity contribution is 0.564. The summed E-state index contributed by atoms with van der Waals surface area (Å²) in [4.78, 5) is 3.34. The van der Waals surface area contributed by atoms with Gasteiger partial charge in [-0.1, -0.05) is 36.9 Å². The molecule has 0 atom stereocenters. The lowest BCUT2D eigenvalue weighted by Crippen LogP contribution is -2.05. The second-order valence-corrected chi connectivity index (χ2v) is 7.70. The van der Waals surface area contributed by atoms with Gasteiger partial charge in [0.05, 0.1) is 5.75 Å². The number of tetrazole rings is 1. The van der Waals surface area contributed by atoms with Crippen LogP contribution in [0.5, 0.6) is 0 Å². The molecular formula is C18H20N8S. The minimum absolute atomic E-state index is 0.484. The number of benzene rings is 1. The molecule has 1 N–H and O–H groups in total. The molecule has 0 saturated heterocycles. The van der Waals surface area contributed by atoms with Gasteiger partial charge in [-0.15, -0.1) is 15.3 Å². The molecule has 9 heteroatoms. The van der Waals surface area contributed by atoms with Gasteiger partial charge in [-0.05, 0) is 35.8 Å². The lowest BCUT2D eigenvalue weighted by Gasteiger charge is -2.08. The fourth-order valence-corrected chi connectivity index (χ4v) is 4.26. The molecule has 4 aromatic rings. The molecule has 27 heavy (non-hydrogen) atoms. The second kappa shape index (κ2) is 6.80. The van der Waals surface area contributed by atoms with Crippen LogP contribution in [0.2, 0.25) is 0 Å². The largest absolute Gasteiger partial charge is 0.360 e. The lowest BCUT2D eigenvalue weighted by atomic mass is 10.1. The third-order valence-electron chi connectivity index (χ3n) is 4.78. The molecule has 1 saturated carbocycles. The summed E-state index contributed by atoms with van der Waals surface area (Å²) in [6.07, 6.45) is 5.39. The number of hydrogen-bond acceptors (Lipinski definition) is 6. The molecule has 0 bridgehead atoms. The van der Waals surface area contributed by atoms with E-state index < -0.39 is 0 Å². The Labute approximate surface area is 160 Å². The number of para-hydroxylation sites is 1. The van der Waals surface area contributed by atoms with E-state index in [2.05, 4.69) is 60.4 Å². The Kier molecular flexibility index (Phi) is 4.16. The molecule has 138 valence electrons. The zero-order valence-corrected chi connectivity index (χ0v) is 15.9. The number of hydrogen-bond donors (Lipinski definition) is 1. The molecule has 3 heterocycles. The Bertz CT molecular complexity index is 1070. The van der Waals surface area contributed by atoms with Gasteiger partial charge < -0.3 is 4.98 Å². The summed E-state index contributed by atoms with van der Waals surface area (Å²) in [6, 6.07) is 8.79. The van der Waals surface area contributed by atoms with Crippen LogP contribution in [-0.2, 0) is 12.3 Å². The van der Waals surface area contributed by atoms with Crippen LogP contribution in [0.1, 0.15) is 38.1 Å². The normalized spacial score (nSPS) is 14.3. The summed E-state index contributed by atoms with van der Waals surface area (Å²) in [5, 5.41) is 23.2. The van der Waals surface area contributed by atoms with Crippen molar-refractivity contribution < 1.29 is 0 Å². The first-order chi connectivity index (χ1) is 13.3. The summed E-state index contributed by atoms with van der Waals surface area (Å²) in [5.74, 6) is 2.50. The van der Waals surface area contributed by atoms with Crippen molar-refractivity contribution in [2.45, 2.75) is 49.7 Å². The number of H-pyrrole nitrogens is 1. The first-order valence-electron chi connectivity index (χ1n) is 9.24. The number of nitrogens with one attached hydrogen (secondary N) is 1. The van der Waals surface area contributed by atoms with E-state index in [9.17, 15) is 0 Å². The van der Waals surface area contributed by atoms with Crippen molar-refractivity contribution in [1.82, 2.24) is 40.0 Å². The minimum atomic E-state index is 0.484. The Morgan fingerprint density at radius 2 is 2.07 bits per heavy atom. The summed E-state index contributed by atoms with van der Waals surface area (Å²) in [7, 11) is 0. The van der Waals surface area contributed by atoms with Crippen LogP contribution >= 0.6 is 11.8 Å². The molecule has 0 spiro atoms. The maximum Gasteiger partial charge on any atom is 0.192 e. The zero-order chi connectivity index (χ0) is 18.2. The van der Waals surface area contributed by atoms with E-state index >= 15 is 0 Å². The highest BCUT2D eigenvalue weighted by molar-refractivity contribution is 7.98. The van der Waals surface area contributed by atoms with Gasteiger partial charge >= 0.3 is 0 Å². The van der Waals surface area contributed by atoms with E-state index in [-0.39, 0.29) is 0 Å². The number of rotatable bonds is 7. The highest BCUT2D eigenvalue weighted by Gasteiger charge is 2.31. The summed E-state index contributed by atoms with van der Waals surface area (Å²) >= 11 is 1.65. The maximum atomic E-state index is 4.54. The van der Waals surface area contributed by atoms with E-state index in [1.165, 1.54) is 18.2 Å². The van der Waals surface area contributed by atoms with Gasteiger partial charge in [0.2, 0.25) is 0 Å². The molecule has 1 aromatic carbocycles. The molecule has 1 aliphatic carbocycles. The van der Waals surface area contributed by atoms with Crippen LogP contribution in [0, 0.1) is 0 Å². The van der Waals surface area contributed by atoms with Crippen molar-refractivity contribution in [2.24, 2.45) is 0 Å². The minimum Gasteiger partial charge on any atom is -0.360 e. The molecule has 1 fully saturated rings. The third-order valence-corrected chi connectivity index (χ3v) is 5.72. The predicted octanol–water partition coefficient (Wildman–Crippen LogP) is 3.45. The summed E-state index contributed by atoms with van der Waals surface area (Å²) < 4.78 is 4.15. The van der Waals surface area contributed by atoms with Crippen LogP contribution in [0.3, 0.4) is 0 Å². The smallest absolute Gasteiger partial charge is 0.192 e. The standard InChI is InChI=1S/C18H20N8S/c1-2-9-25-16(20-23-24-25)11-27-18-22-21-17(26(18)12-7-8-12)14-10-19-15-6-4-3-5-13(14)15/h3-6,10,12,19H,2,7-9,11H2,1H3. The number of thioether (sulfide) groups is 1. The second-order valence-electron chi connectivity index (χ2n) is 6.76. The Balaban J connectivity index is 1.47. The number of aromatic amines is 1. The molecule has 8 nitrogen and oxygen atoms in total. The molecular weight excluding hydrogens is 360 g/mol. The average Bonchev–Trinajstić information content (AvgIpc) is 3.10. The number of fused-ring (bicyclic) bond motifs is 1. The third kappa shape index (κ3) is 3.01. The molecule has 3 aromatic heterocycles. The average molecular weight is 380 g/mol. The van der Waals surface area contributed by atoms with Crippen LogP contribution < -0.4 is 0 Å². The van der Waals surface area contributed by atoms with Crippen molar-refractivity contribution >= 4 is 22.7 Å². The van der Waals surface area contributed by atoms with Gasteiger partial charge in [-0.2, -0.15) is 0 Å². The Morgan fingerprint density at radius 3 is 2.93 bits per heavy atom. The van der Waals surface area contributed by atoms with Crippen LogP contribution in [0.4, 0.5) is 0 Å². The van der Waals surface area contributed by atoms with Crippen LogP contribution in [0.15, 0.2) is 35.6 Å². The zero-order valence-electron chi connectivity index (χ0n) is 15.0. The topological polar surface area (TPSA) is 90.1 Å². The number of aryl methyl sites for hydroxylation is 1. The fourth-order valence-electron chi connectivity index (χ4n) is 3.32. The summed E-state index contributed by atoms with van der Waals surface area (Å²) in [6.45, 7) is 2.95. The molecule has 0 radical (unpaired) electrons. The molecule has 0 unspecified atom stereocenters. The van der Waals surface area contributed by atoms with Crippen molar-refractivity contribution in [1.29, 1.82) is 0 Å². The molecule has 0 aliphatic heterocycles. The Hall–Kier alpha value is -2.68. The maximum absolute atomic E-state index is 4.54. The van der Waals surface area contributed by atoms with Crippen molar-refractivity contribution in [3.63, 3.8) is 0 Å². The van der Waals surface area contributed by atoms with Crippen molar-refractivity contribution in [3.8, 4) is 11.4 Å². The highest BCUT2D eigenvalue weighted by atomic mass is 32.2. The SMILES string of the molecule is CCCn1nnnc1CSc1nnc(-c2c[nH]c3ccccc23)n1C1CC1. The van der Waals surface area contributed by atoms with Gasteiger partial charge in [0, 0.05) is 35.2 Å². The van der Waals surface area contributed by atoms with Gasteiger partial charge in [0.25, 0.3) is 0 Å². The first kappa shape index (κ1) is 16.5. The number of nitrogens with zero attached hydrogens (tertiary/aromatic N) is 7. The van der Waals surface area contributed by atoms with Crippen LogP contribution in [0.25, 0.3) is 22.3 Å². The quantitative estimate of drug-likeness (QED) is 0.494. The molecule has 5 rings (SSSR count). The Morgan fingerprint density at radius 1 is 1.19 bits per heavy atom. The van der Waals surface area contributed by atoms with Crippen molar-refractivity contribution in [3.05, 3.63) is 36.3 Å². The summed E-state index contributed by atoms with van der Waals surface area (Å²) in [5.41, 5.74) is 2.22. The van der Waals surface area contributed by atoms with Gasteiger partial charge in [0.1, 0.15) is 0 Å². The fraction of sp³-hybridized carbons (Fsp3) is 0.389. The van der Waals surface area contributed by atoms with E-state index in [0.717, 1.165) is 40.9 Å². The molecule has 0 amide bonds. The van der Waals surface area contributed by atoms with Gasteiger partial charge in [0.15, 0.2) is 16.8 Å². The van der Waals surface area contributed by atoms with E-state index in [1.54, 1.807) is 11.8 Å². The predicted molar refractivity (Wildman–Crippen MR) is 103 cm³/mol. The number of aromatic nitrogens is 8. The van der Waals surface area contributed by atoms with Crippen LogP contribution in [-0.4, -0.2) is 40.0 Å².